The van der Waals surface area contributed by atoms with Crippen molar-refractivity contribution in [3.63, 3.8) is 0 Å². The molecule has 0 aliphatic rings. The molecular weight excluding hydrogens is 290 g/mol. The number of hydrogen-bond donors (Lipinski definition) is 1. The standard InChI is InChI=1S/C19H23NO3/c1-3-20(4-2)19(22)17-9-11-18(12-10-17)23-14-16-7-5-15(13-21)6-8-16/h5-12,21H,3-4,13-14H2,1-2H3. The number of carbonyl (C=O) groups excluding carboxylic acids is 1. The average Bonchev–Trinajstić information content (AvgIpc) is 2.61. The second-order valence-corrected chi connectivity index (χ2v) is 5.27. The number of aliphatic hydroxyl groups is 1. The van der Waals surface area contributed by atoms with Gasteiger partial charge in [0.25, 0.3) is 5.91 Å². The molecule has 0 bridgehead atoms. The number of carbonyl (C=O) groups is 1. The Balaban J connectivity index is 1.95. The Morgan fingerprint density at radius 3 is 2.04 bits per heavy atom. The fourth-order valence-corrected chi connectivity index (χ4v) is 2.29. The Morgan fingerprint density at radius 1 is 0.957 bits per heavy atom. The quantitative estimate of drug-likeness (QED) is 0.853. The van der Waals surface area contributed by atoms with Crippen LogP contribution < -0.4 is 4.74 Å². The van der Waals surface area contributed by atoms with Gasteiger partial charge in [-0.05, 0) is 49.2 Å². The first-order chi connectivity index (χ1) is 11.2. The van der Waals surface area contributed by atoms with Crippen molar-refractivity contribution in [1.29, 1.82) is 0 Å². The van der Waals surface area contributed by atoms with Crippen LogP contribution in [0.1, 0.15) is 35.3 Å². The van der Waals surface area contributed by atoms with E-state index in [0.29, 0.717) is 25.3 Å². The summed E-state index contributed by atoms with van der Waals surface area (Å²) in [5.74, 6) is 0.772. The van der Waals surface area contributed by atoms with Gasteiger partial charge in [-0.25, -0.2) is 0 Å². The summed E-state index contributed by atoms with van der Waals surface area (Å²) in [6.07, 6.45) is 0. The Bertz CT molecular complexity index is 616. The van der Waals surface area contributed by atoms with Gasteiger partial charge in [0.2, 0.25) is 0 Å². The highest BCUT2D eigenvalue weighted by molar-refractivity contribution is 5.94. The number of hydrogen-bond acceptors (Lipinski definition) is 3. The Kier molecular flexibility index (Phi) is 6.18. The molecule has 2 aromatic carbocycles. The van der Waals surface area contributed by atoms with E-state index in [0.717, 1.165) is 16.9 Å². The third-order valence-corrected chi connectivity index (χ3v) is 3.76. The molecule has 0 unspecified atom stereocenters. The fourth-order valence-electron chi connectivity index (χ4n) is 2.29. The molecule has 0 saturated heterocycles. The van der Waals surface area contributed by atoms with Crippen LogP contribution in [0.15, 0.2) is 48.5 Å². The van der Waals surface area contributed by atoms with Crippen LogP contribution in [0.4, 0.5) is 0 Å². The van der Waals surface area contributed by atoms with Crippen LogP contribution in [0.25, 0.3) is 0 Å². The van der Waals surface area contributed by atoms with E-state index in [1.807, 2.05) is 50.2 Å². The molecule has 0 aliphatic heterocycles. The Labute approximate surface area is 137 Å². The zero-order chi connectivity index (χ0) is 16.7. The van der Waals surface area contributed by atoms with Crippen LogP contribution in [0.3, 0.4) is 0 Å². The number of benzene rings is 2. The van der Waals surface area contributed by atoms with Gasteiger partial charge in [-0.15, -0.1) is 0 Å². The van der Waals surface area contributed by atoms with E-state index in [4.69, 9.17) is 9.84 Å². The molecule has 0 aromatic heterocycles. The molecule has 2 rings (SSSR count). The first-order valence-electron chi connectivity index (χ1n) is 7.88. The van der Waals surface area contributed by atoms with Gasteiger partial charge in [0.1, 0.15) is 12.4 Å². The summed E-state index contributed by atoms with van der Waals surface area (Å²) in [6.45, 7) is 5.86. The lowest BCUT2D eigenvalue weighted by atomic mass is 10.1. The summed E-state index contributed by atoms with van der Waals surface area (Å²) in [6, 6.07) is 14.9. The van der Waals surface area contributed by atoms with Crippen molar-refractivity contribution >= 4 is 5.91 Å². The molecule has 1 amide bonds. The van der Waals surface area contributed by atoms with Crippen LogP contribution in [-0.2, 0) is 13.2 Å². The predicted molar refractivity (Wildman–Crippen MR) is 90.4 cm³/mol. The summed E-state index contributed by atoms with van der Waals surface area (Å²) in [5.41, 5.74) is 2.59. The van der Waals surface area contributed by atoms with Crippen molar-refractivity contribution in [2.75, 3.05) is 13.1 Å². The van der Waals surface area contributed by atoms with Gasteiger partial charge in [0, 0.05) is 18.7 Å². The summed E-state index contributed by atoms with van der Waals surface area (Å²) in [4.78, 5) is 14.0. The highest BCUT2D eigenvalue weighted by Gasteiger charge is 2.11. The summed E-state index contributed by atoms with van der Waals surface area (Å²) >= 11 is 0. The van der Waals surface area contributed by atoms with Gasteiger partial charge in [0.05, 0.1) is 6.61 Å². The van der Waals surface area contributed by atoms with E-state index in [9.17, 15) is 4.79 Å². The molecule has 0 aliphatic carbocycles. The van der Waals surface area contributed by atoms with Gasteiger partial charge >= 0.3 is 0 Å². The Morgan fingerprint density at radius 2 is 1.52 bits per heavy atom. The topological polar surface area (TPSA) is 49.8 Å². The van der Waals surface area contributed by atoms with Crippen molar-refractivity contribution in [1.82, 2.24) is 4.90 Å². The molecule has 4 nitrogen and oxygen atoms in total. The zero-order valence-electron chi connectivity index (χ0n) is 13.7. The molecule has 0 fully saturated rings. The van der Waals surface area contributed by atoms with Crippen molar-refractivity contribution < 1.29 is 14.6 Å². The summed E-state index contributed by atoms with van der Waals surface area (Å²) in [5, 5.41) is 9.02. The maximum absolute atomic E-state index is 12.2. The van der Waals surface area contributed by atoms with Crippen LogP contribution in [0.2, 0.25) is 0 Å². The lowest BCUT2D eigenvalue weighted by Gasteiger charge is -2.18. The number of ether oxygens (including phenoxy) is 1. The van der Waals surface area contributed by atoms with E-state index in [1.165, 1.54) is 0 Å². The number of rotatable bonds is 7. The third-order valence-electron chi connectivity index (χ3n) is 3.76. The maximum atomic E-state index is 12.2. The zero-order valence-corrected chi connectivity index (χ0v) is 13.7. The number of aliphatic hydroxyl groups excluding tert-OH is 1. The maximum Gasteiger partial charge on any atom is 0.253 e. The molecule has 4 heteroatoms. The second kappa shape index (κ2) is 8.34. The van der Waals surface area contributed by atoms with Gasteiger partial charge < -0.3 is 14.7 Å². The van der Waals surface area contributed by atoms with Gasteiger partial charge in [-0.2, -0.15) is 0 Å². The van der Waals surface area contributed by atoms with Gasteiger partial charge in [-0.3, -0.25) is 4.79 Å². The third kappa shape index (κ3) is 4.57. The largest absolute Gasteiger partial charge is 0.489 e. The van der Waals surface area contributed by atoms with E-state index >= 15 is 0 Å². The van der Waals surface area contributed by atoms with E-state index in [2.05, 4.69) is 0 Å². The van der Waals surface area contributed by atoms with Crippen LogP contribution in [0, 0.1) is 0 Å². The van der Waals surface area contributed by atoms with Crippen molar-refractivity contribution in [3.05, 3.63) is 65.2 Å². The monoisotopic (exact) mass is 313 g/mol. The number of amides is 1. The van der Waals surface area contributed by atoms with Crippen molar-refractivity contribution in [2.24, 2.45) is 0 Å². The van der Waals surface area contributed by atoms with Crippen LogP contribution in [0.5, 0.6) is 5.75 Å². The highest BCUT2D eigenvalue weighted by atomic mass is 16.5. The summed E-state index contributed by atoms with van der Waals surface area (Å²) < 4.78 is 5.73. The minimum absolute atomic E-state index is 0.0427. The first kappa shape index (κ1) is 17.0. The smallest absolute Gasteiger partial charge is 0.253 e. The molecule has 0 saturated carbocycles. The van der Waals surface area contributed by atoms with Crippen molar-refractivity contribution in [2.45, 2.75) is 27.1 Å². The van der Waals surface area contributed by atoms with Crippen molar-refractivity contribution in [3.8, 4) is 5.75 Å². The lowest BCUT2D eigenvalue weighted by molar-refractivity contribution is 0.0773. The average molecular weight is 313 g/mol. The molecule has 1 N–H and O–H groups in total. The second-order valence-electron chi connectivity index (χ2n) is 5.27. The van der Waals surface area contributed by atoms with Crippen LogP contribution in [-0.4, -0.2) is 29.0 Å². The van der Waals surface area contributed by atoms with Crippen LogP contribution >= 0.6 is 0 Å². The SMILES string of the molecule is CCN(CC)C(=O)c1ccc(OCc2ccc(CO)cc2)cc1. The normalized spacial score (nSPS) is 10.4. The molecule has 0 spiro atoms. The molecule has 122 valence electrons. The molecule has 2 aromatic rings. The van der Waals surface area contributed by atoms with Gasteiger partial charge in [-0.1, -0.05) is 24.3 Å². The fraction of sp³-hybridized carbons (Fsp3) is 0.316. The minimum atomic E-state index is 0.0427. The number of nitrogens with zero attached hydrogens (tertiary/aromatic N) is 1. The molecular formula is C19H23NO3. The first-order valence-corrected chi connectivity index (χ1v) is 7.88. The predicted octanol–water partition coefficient (Wildman–Crippen LogP) is 3.24. The molecule has 0 radical (unpaired) electrons. The highest BCUT2D eigenvalue weighted by Crippen LogP contribution is 2.16. The van der Waals surface area contributed by atoms with E-state index < -0.39 is 0 Å². The van der Waals surface area contributed by atoms with Gasteiger partial charge in [0.15, 0.2) is 0 Å². The Hall–Kier alpha value is -2.33. The molecule has 0 heterocycles. The molecule has 23 heavy (non-hydrogen) atoms. The minimum Gasteiger partial charge on any atom is -0.489 e. The van der Waals surface area contributed by atoms with E-state index in [-0.39, 0.29) is 12.5 Å². The molecule has 0 atom stereocenters. The summed E-state index contributed by atoms with van der Waals surface area (Å²) in [7, 11) is 0. The lowest BCUT2D eigenvalue weighted by Crippen LogP contribution is -2.30. The van der Waals surface area contributed by atoms with E-state index in [1.54, 1.807) is 17.0 Å².